The van der Waals surface area contributed by atoms with Crippen molar-refractivity contribution in [2.75, 3.05) is 6.61 Å². The van der Waals surface area contributed by atoms with Crippen LogP contribution in [0.5, 0.6) is 5.75 Å². The Hall–Kier alpha value is -1.46. The summed E-state index contributed by atoms with van der Waals surface area (Å²) < 4.78 is 33.1. The van der Waals surface area contributed by atoms with Gasteiger partial charge in [-0.05, 0) is 40.1 Å². The van der Waals surface area contributed by atoms with Crippen molar-refractivity contribution in [3.63, 3.8) is 0 Å². The minimum absolute atomic E-state index is 0.258. The first-order chi connectivity index (χ1) is 10.1. The van der Waals surface area contributed by atoms with Crippen LogP contribution in [0.1, 0.15) is 25.0 Å². The Balaban J connectivity index is 1.96. The number of hydrogen-bond acceptors (Lipinski definition) is 3. The smallest absolute Gasteiger partial charge is 0.190 e. The maximum Gasteiger partial charge on any atom is 0.190 e. The molecule has 0 unspecified atom stereocenters. The molecule has 0 saturated heterocycles. The summed E-state index contributed by atoms with van der Waals surface area (Å²) >= 11 is 1.59. The molecule has 0 aliphatic carbocycles. The molecule has 2 aromatic rings. The number of halogens is 2. The highest BCUT2D eigenvalue weighted by atomic mass is 32.1. The Bertz CT molecular complexity index is 547. The molecule has 0 atom stereocenters. The average Bonchev–Trinajstić information content (AvgIpc) is 2.92. The molecule has 0 spiro atoms. The van der Waals surface area contributed by atoms with Crippen molar-refractivity contribution in [2.24, 2.45) is 0 Å². The van der Waals surface area contributed by atoms with Crippen molar-refractivity contribution in [2.45, 2.75) is 32.9 Å². The molecule has 1 aromatic carbocycles. The summed E-state index contributed by atoms with van der Waals surface area (Å²) in [7, 11) is 0. The van der Waals surface area contributed by atoms with E-state index >= 15 is 0 Å². The molecule has 1 N–H and O–H groups in total. The zero-order valence-corrected chi connectivity index (χ0v) is 13.0. The summed E-state index contributed by atoms with van der Waals surface area (Å²) in [6.07, 6.45) is 0.638. The normalized spacial score (nSPS) is 11.1. The Morgan fingerprint density at radius 3 is 2.48 bits per heavy atom. The summed E-state index contributed by atoms with van der Waals surface area (Å²) in [6, 6.07) is 4.87. The second-order valence-corrected chi connectivity index (χ2v) is 5.93. The van der Waals surface area contributed by atoms with Crippen LogP contribution in [0.2, 0.25) is 0 Å². The van der Waals surface area contributed by atoms with Crippen molar-refractivity contribution in [3.05, 3.63) is 51.7 Å². The number of hydrogen-bond donors (Lipinski definition) is 1. The van der Waals surface area contributed by atoms with E-state index in [1.165, 1.54) is 12.1 Å². The van der Waals surface area contributed by atoms with Gasteiger partial charge < -0.3 is 10.1 Å². The van der Waals surface area contributed by atoms with E-state index < -0.39 is 11.6 Å². The third-order valence-electron chi connectivity index (χ3n) is 2.99. The van der Waals surface area contributed by atoms with Gasteiger partial charge in [0.05, 0.1) is 6.61 Å². The van der Waals surface area contributed by atoms with Gasteiger partial charge in [0.15, 0.2) is 17.4 Å². The van der Waals surface area contributed by atoms with Crippen LogP contribution in [-0.2, 0) is 13.0 Å². The van der Waals surface area contributed by atoms with Gasteiger partial charge in [0.1, 0.15) is 0 Å². The summed E-state index contributed by atoms with van der Waals surface area (Å²) in [5.41, 5.74) is 1.68. The Kier molecular flexibility index (Phi) is 5.70. The Morgan fingerprint density at radius 2 is 1.90 bits per heavy atom. The number of thiophene rings is 1. The fourth-order valence-electron chi connectivity index (χ4n) is 1.88. The molecule has 0 radical (unpaired) electrons. The first-order valence-corrected chi connectivity index (χ1v) is 7.85. The highest BCUT2D eigenvalue weighted by Gasteiger charge is 2.13. The lowest BCUT2D eigenvalue weighted by Crippen LogP contribution is -2.22. The van der Waals surface area contributed by atoms with Gasteiger partial charge in [0.25, 0.3) is 0 Å². The van der Waals surface area contributed by atoms with Crippen LogP contribution >= 0.6 is 11.3 Å². The van der Waals surface area contributed by atoms with E-state index in [0.717, 1.165) is 5.56 Å². The molecule has 2 rings (SSSR count). The highest BCUT2D eigenvalue weighted by Crippen LogP contribution is 2.23. The van der Waals surface area contributed by atoms with Crippen LogP contribution in [0.15, 0.2) is 29.0 Å². The Labute approximate surface area is 127 Å². The van der Waals surface area contributed by atoms with Crippen LogP contribution in [0.3, 0.4) is 0 Å². The molecule has 0 saturated carbocycles. The molecule has 114 valence electrons. The topological polar surface area (TPSA) is 21.3 Å². The molecule has 5 heteroatoms. The lowest BCUT2D eigenvalue weighted by molar-refractivity contribution is 0.288. The third kappa shape index (κ3) is 4.79. The third-order valence-corrected chi connectivity index (χ3v) is 3.72. The maximum absolute atomic E-state index is 13.9. The van der Waals surface area contributed by atoms with Gasteiger partial charge in [-0.2, -0.15) is 11.3 Å². The first kappa shape index (κ1) is 15.9. The molecule has 0 amide bonds. The molecule has 2 nitrogen and oxygen atoms in total. The molecule has 0 aliphatic rings. The summed E-state index contributed by atoms with van der Waals surface area (Å²) in [6.45, 7) is 4.65. The second-order valence-electron chi connectivity index (χ2n) is 5.15. The minimum Gasteiger partial charge on any atom is -0.487 e. The molecule has 0 fully saturated rings. The molecular formula is C16H19F2NOS. The molecule has 1 aromatic heterocycles. The number of rotatable bonds is 7. The first-order valence-electron chi connectivity index (χ1n) is 6.91. The van der Waals surface area contributed by atoms with Crippen molar-refractivity contribution >= 4 is 11.3 Å². The van der Waals surface area contributed by atoms with Crippen LogP contribution in [0.4, 0.5) is 8.78 Å². The van der Waals surface area contributed by atoms with E-state index in [1.807, 2.05) is 30.7 Å². The van der Waals surface area contributed by atoms with Gasteiger partial charge in [-0.3, -0.25) is 0 Å². The summed E-state index contributed by atoms with van der Waals surface area (Å²) in [5.74, 6) is -1.60. The number of benzene rings is 1. The largest absolute Gasteiger partial charge is 0.487 e. The van der Waals surface area contributed by atoms with Gasteiger partial charge in [0.2, 0.25) is 0 Å². The van der Waals surface area contributed by atoms with E-state index in [9.17, 15) is 8.78 Å². The van der Waals surface area contributed by atoms with E-state index in [1.54, 1.807) is 11.3 Å². The molecule has 0 bridgehead atoms. The van der Waals surface area contributed by atoms with Crippen LogP contribution < -0.4 is 10.1 Å². The standard InChI is InChI=1S/C16H19F2NOS/c1-11(2)19-9-13-7-14(17)16(15(18)8-13)20-5-3-12-4-6-21-10-12/h4,6-8,10-11,19H,3,5,9H2,1-2H3. The average molecular weight is 311 g/mol. The van der Waals surface area contributed by atoms with Crippen molar-refractivity contribution < 1.29 is 13.5 Å². The highest BCUT2D eigenvalue weighted by molar-refractivity contribution is 7.07. The zero-order chi connectivity index (χ0) is 15.2. The van der Waals surface area contributed by atoms with Crippen molar-refractivity contribution in [1.82, 2.24) is 5.32 Å². The van der Waals surface area contributed by atoms with Crippen molar-refractivity contribution in [1.29, 1.82) is 0 Å². The predicted octanol–water partition coefficient (Wildman–Crippen LogP) is 4.15. The van der Waals surface area contributed by atoms with E-state index in [0.29, 0.717) is 18.5 Å². The lowest BCUT2D eigenvalue weighted by Gasteiger charge is -2.12. The molecule has 21 heavy (non-hydrogen) atoms. The Morgan fingerprint density at radius 1 is 1.19 bits per heavy atom. The van der Waals surface area contributed by atoms with Gasteiger partial charge in [0, 0.05) is 19.0 Å². The molecule has 1 heterocycles. The summed E-state index contributed by atoms with van der Waals surface area (Å²) in [5, 5.41) is 7.09. The zero-order valence-electron chi connectivity index (χ0n) is 12.2. The SMILES string of the molecule is CC(C)NCc1cc(F)c(OCCc2ccsc2)c(F)c1. The maximum atomic E-state index is 13.9. The van der Waals surface area contributed by atoms with Gasteiger partial charge in [-0.1, -0.05) is 13.8 Å². The monoisotopic (exact) mass is 311 g/mol. The van der Waals surface area contributed by atoms with E-state index in [4.69, 9.17) is 4.74 Å². The fourth-order valence-corrected chi connectivity index (χ4v) is 2.58. The summed E-state index contributed by atoms with van der Waals surface area (Å²) in [4.78, 5) is 0. The predicted molar refractivity (Wildman–Crippen MR) is 81.9 cm³/mol. The van der Waals surface area contributed by atoms with Gasteiger partial charge in [-0.15, -0.1) is 0 Å². The fraction of sp³-hybridized carbons (Fsp3) is 0.375. The van der Waals surface area contributed by atoms with E-state index in [2.05, 4.69) is 5.32 Å². The minimum atomic E-state index is -0.652. The molecule has 0 aliphatic heterocycles. The van der Waals surface area contributed by atoms with Crippen LogP contribution in [0.25, 0.3) is 0 Å². The second kappa shape index (κ2) is 7.52. The molecular weight excluding hydrogens is 292 g/mol. The van der Waals surface area contributed by atoms with Gasteiger partial charge >= 0.3 is 0 Å². The van der Waals surface area contributed by atoms with Crippen LogP contribution in [-0.4, -0.2) is 12.6 Å². The quantitative estimate of drug-likeness (QED) is 0.829. The number of nitrogens with one attached hydrogen (secondary N) is 1. The van der Waals surface area contributed by atoms with Crippen molar-refractivity contribution in [3.8, 4) is 5.75 Å². The van der Waals surface area contributed by atoms with Gasteiger partial charge in [-0.25, -0.2) is 8.78 Å². The van der Waals surface area contributed by atoms with E-state index in [-0.39, 0.29) is 18.4 Å². The number of ether oxygens (including phenoxy) is 1. The lowest BCUT2D eigenvalue weighted by atomic mass is 10.2. The van der Waals surface area contributed by atoms with Crippen LogP contribution in [0, 0.1) is 11.6 Å².